The molecule has 0 heterocycles. The van der Waals surface area contributed by atoms with Gasteiger partial charge >= 0.3 is 22.4 Å². The Balaban J connectivity index is 0.00000289. The Morgan fingerprint density at radius 2 is 1.50 bits per heavy atom. The van der Waals surface area contributed by atoms with Gasteiger partial charge < -0.3 is 4.74 Å². The third-order valence-electron chi connectivity index (χ3n) is 2.25. The number of hydrogen-bond acceptors (Lipinski definition) is 1. The largest absolute Gasteiger partial charge is 1.00 e. The summed E-state index contributed by atoms with van der Waals surface area (Å²) in [5.74, 6) is -7.24. The van der Waals surface area contributed by atoms with Crippen molar-refractivity contribution < 1.29 is 44.7 Å². The molecule has 1 aromatic rings. The van der Waals surface area contributed by atoms with Crippen molar-refractivity contribution in [2.75, 3.05) is 6.61 Å². The van der Waals surface area contributed by atoms with Crippen molar-refractivity contribution in [2.45, 2.75) is 32.6 Å². The van der Waals surface area contributed by atoms with Crippen molar-refractivity contribution in [3.63, 3.8) is 0 Å². The van der Waals surface area contributed by atoms with Crippen LogP contribution >= 0.6 is 0 Å². The van der Waals surface area contributed by atoms with Crippen LogP contribution < -0.4 is 4.74 Å². The second kappa shape index (κ2) is 8.56. The molecule has 1 aromatic carbocycles. The smallest absolute Gasteiger partial charge is 0.513 e. The molecule has 6 heteroatoms. The third-order valence-corrected chi connectivity index (χ3v) is 2.25. The van der Waals surface area contributed by atoms with Crippen molar-refractivity contribution in [1.82, 2.24) is 0 Å². The fraction of sp³-hybridized carbons (Fsp3) is 0.500. The van der Waals surface area contributed by atoms with Gasteiger partial charge in [-0.3, -0.25) is 8.78 Å². The van der Waals surface area contributed by atoms with Gasteiger partial charge in [0.2, 0.25) is 0 Å². The van der Waals surface area contributed by atoms with E-state index in [4.69, 9.17) is 4.74 Å². The van der Waals surface area contributed by atoms with Gasteiger partial charge in [0.25, 0.3) is 0 Å². The molecule has 0 saturated heterocycles. The molecular formula is C12H13AuF4O. The Morgan fingerprint density at radius 1 is 0.944 bits per heavy atom. The van der Waals surface area contributed by atoms with Crippen LogP contribution in [0, 0.1) is 29.3 Å². The summed E-state index contributed by atoms with van der Waals surface area (Å²) < 4.78 is 56.4. The SMILES string of the molecule is CCCCCCOc1c(F)c(F)[c-]c(F)c1F.[Au+]. The monoisotopic (exact) mass is 446 g/mol. The Labute approximate surface area is 119 Å². The predicted molar refractivity (Wildman–Crippen MR) is 54.7 cm³/mol. The van der Waals surface area contributed by atoms with Gasteiger partial charge in [0.15, 0.2) is 0 Å². The molecule has 106 valence electrons. The molecule has 0 fully saturated rings. The van der Waals surface area contributed by atoms with Crippen molar-refractivity contribution in [3.05, 3.63) is 29.3 Å². The molecular weight excluding hydrogens is 433 g/mol. The zero-order valence-electron chi connectivity index (χ0n) is 9.76. The third kappa shape index (κ3) is 4.63. The van der Waals surface area contributed by atoms with Crippen LogP contribution in [-0.2, 0) is 22.4 Å². The summed E-state index contributed by atoms with van der Waals surface area (Å²) in [6.07, 6.45) is 3.39. The standard InChI is InChI=1S/C12H13F4O.Au/c1-2-3-4-5-6-17-12-10(15)8(13)7-9(14)11(12)16;/h2-6H2,1H3;/q-1;+1. The van der Waals surface area contributed by atoms with Crippen LogP contribution in [0.25, 0.3) is 0 Å². The number of hydrogen-bond donors (Lipinski definition) is 0. The molecule has 0 aliphatic carbocycles. The predicted octanol–water partition coefficient (Wildman–Crippen LogP) is 4.00. The van der Waals surface area contributed by atoms with E-state index < -0.39 is 29.0 Å². The summed E-state index contributed by atoms with van der Waals surface area (Å²) in [6.45, 7) is 2.04. The first kappa shape index (κ1) is 17.5. The topological polar surface area (TPSA) is 9.23 Å². The Bertz CT molecular complexity index is 359. The number of benzene rings is 1. The van der Waals surface area contributed by atoms with E-state index in [0.29, 0.717) is 6.42 Å². The van der Waals surface area contributed by atoms with Crippen LogP contribution in [0.2, 0.25) is 0 Å². The molecule has 0 radical (unpaired) electrons. The van der Waals surface area contributed by atoms with E-state index in [1.165, 1.54) is 6.07 Å². The van der Waals surface area contributed by atoms with Crippen molar-refractivity contribution in [1.29, 1.82) is 0 Å². The first-order valence-corrected chi connectivity index (χ1v) is 5.46. The normalized spacial score (nSPS) is 10.1. The van der Waals surface area contributed by atoms with Gasteiger partial charge in [-0.15, -0.1) is 6.07 Å². The first-order chi connectivity index (χ1) is 8.07. The van der Waals surface area contributed by atoms with E-state index in [0.717, 1.165) is 19.3 Å². The van der Waals surface area contributed by atoms with E-state index in [-0.39, 0.29) is 29.0 Å². The summed E-state index contributed by atoms with van der Waals surface area (Å²) in [6, 6.07) is 1.29. The molecule has 0 aliphatic rings. The van der Waals surface area contributed by atoms with Crippen LogP contribution in [0.15, 0.2) is 0 Å². The van der Waals surface area contributed by atoms with Crippen LogP contribution in [0.5, 0.6) is 5.75 Å². The molecule has 18 heavy (non-hydrogen) atoms. The molecule has 0 amide bonds. The zero-order chi connectivity index (χ0) is 12.8. The van der Waals surface area contributed by atoms with Gasteiger partial charge in [-0.1, -0.05) is 26.2 Å². The first-order valence-electron chi connectivity index (χ1n) is 5.46. The average Bonchev–Trinajstić information content (AvgIpc) is 2.30. The molecule has 0 aliphatic heterocycles. The van der Waals surface area contributed by atoms with Crippen molar-refractivity contribution in [2.24, 2.45) is 0 Å². The number of halogens is 4. The maximum atomic E-state index is 13.1. The fourth-order valence-corrected chi connectivity index (χ4v) is 1.33. The second-order valence-corrected chi connectivity index (χ2v) is 3.62. The van der Waals surface area contributed by atoms with E-state index >= 15 is 0 Å². The summed E-state index contributed by atoms with van der Waals surface area (Å²) in [4.78, 5) is 0. The minimum atomic E-state index is -1.58. The summed E-state index contributed by atoms with van der Waals surface area (Å²) >= 11 is 0. The number of ether oxygens (including phenoxy) is 1. The zero-order valence-corrected chi connectivity index (χ0v) is 11.9. The van der Waals surface area contributed by atoms with Crippen LogP contribution in [-0.4, -0.2) is 6.61 Å². The van der Waals surface area contributed by atoms with Crippen LogP contribution in [0.4, 0.5) is 17.6 Å². The average molecular weight is 446 g/mol. The second-order valence-electron chi connectivity index (χ2n) is 3.62. The summed E-state index contributed by atoms with van der Waals surface area (Å²) in [7, 11) is 0. The van der Waals surface area contributed by atoms with Crippen LogP contribution in [0.1, 0.15) is 32.6 Å². The number of rotatable bonds is 6. The molecule has 0 bridgehead atoms. The quantitative estimate of drug-likeness (QED) is 0.211. The van der Waals surface area contributed by atoms with Gasteiger partial charge in [0, 0.05) is 0 Å². The van der Waals surface area contributed by atoms with Gasteiger partial charge in [0.1, 0.15) is 0 Å². The Kier molecular flexibility index (Phi) is 8.31. The van der Waals surface area contributed by atoms with Gasteiger partial charge in [-0.2, -0.15) is 0 Å². The molecule has 1 rings (SSSR count). The number of unbranched alkanes of at least 4 members (excludes halogenated alkanes) is 3. The summed E-state index contributed by atoms with van der Waals surface area (Å²) in [5, 5.41) is 0. The minimum Gasteiger partial charge on any atom is -0.513 e. The maximum absolute atomic E-state index is 13.1. The van der Waals surface area contributed by atoms with Crippen molar-refractivity contribution >= 4 is 0 Å². The molecule has 0 atom stereocenters. The molecule has 0 spiro atoms. The van der Waals surface area contributed by atoms with Crippen LogP contribution in [0.3, 0.4) is 0 Å². The molecule has 0 N–H and O–H groups in total. The summed E-state index contributed by atoms with van der Waals surface area (Å²) in [5.41, 5.74) is 0. The van der Waals surface area contributed by atoms with E-state index in [2.05, 4.69) is 0 Å². The van der Waals surface area contributed by atoms with E-state index in [1.807, 2.05) is 6.92 Å². The molecule has 0 saturated carbocycles. The minimum absolute atomic E-state index is 0. The molecule has 0 unspecified atom stereocenters. The van der Waals surface area contributed by atoms with Crippen molar-refractivity contribution in [3.8, 4) is 5.75 Å². The Hall–Kier alpha value is -0.520. The van der Waals surface area contributed by atoms with Gasteiger partial charge in [-0.05, 0) is 6.42 Å². The Morgan fingerprint density at radius 3 is 2.00 bits per heavy atom. The fourth-order valence-electron chi connectivity index (χ4n) is 1.33. The van der Waals surface area contributed by atoms with E-state index in [9.17, 15) is 17.6 Å². The molecule has 0 aromatic heterocycles. The van der Waals surface area contributed by atoms with Gasteiger partial charge in [0.05, 0.1) is 35.6 Å². The molecule has 1 nitrogen and oxygen atoms in total. The maximum Gasteiger partial charge on any atom is 1.00 e. The van der Waals surface area contributed by atoms with E-state index in [1.54, 1.807) is 0 Å². The van der Waals surface area contributed by atoms with Gasteiger partial charge in [-0.25, -0.2) is 8.78 Å².